The number of para-hydroxylation sites is 1. The molecule has 0 bridgehead atoms. The fraction of sp³-hybridized carbons (Fsp3) is 0.133. The number of nitrogens with one attached hydrogen (secondary N) is 1. The highest BCUT2D eigenvalue weighted by Gasteiger charge is 2.19. The Balaban J connectivity index is 2.22. The molecule has 0 aliphatic rings. The number of rotatable bonds is 5. The van der Waals surface area contributed by atoms with Crippen LogP contribution in [0.5, 0.6) is 0 Å². The lowest BCUT2D eigenvalue weighted by Crippen LogP contribution is -2.40. The van der Waals surface area contributed by atoms with Crippen LogP contribution in [-0.4, -0.2) is 28.0 Å². The van der Waals surface area contributed by atoms with Crippen molar-refractivity contribution < 1.29 is 14.7 Å². The van der Waals surface area contributed by atoms with Crippen LogP contribution in [0.15, 0.2) is 49.1 Å². The summed E-state index contributed by atoms with van der Waals surface area (Å²) < 4.78 is 0. The molecule has 5 heteroatoms. The normalized spacial score (nSPS) is 11.8. The van der Waals surface area contributed by atoms with Gasteiger partial charge in [-0.05, 0) is 18.6 Å². The summed E-state index contributed by atoms with van der Waals surface area (Å²) in [6.45, 7) is 3.47. The van der Waals surface area contributed by atoms with E-state index in [4.69, 9.17) is 5.11 Å². The second kappa shape index (κ2) is 5.97. The minimum absolute atomic E-state index is 0.161. The third-order valence-corrected chi connectivity index (χ3v) is 2.84. The molecule has 20 heavy (non-hydrogen) atoms. The molecule has 1 aromatic heterocycles. The maximum atomic E-state index is 12.0. The molecule has 0 saturated carbocycles. The summed E-state index contributed by atoms with van der Waals surface area (Å²) in [6, 6.07) is 9.76. The number of carbonyl (C=O) groups excluding carboxylic acids is 1. The van der Waals surface area contributed by atoms with Crippen molar-refractivity contribution in [1.82, 2.24) is 10.3 Å². The fourth-order valence-corrected chi connectivity index (χ4v) is 1.81. The highest BCUT2D eigenvalue weighted by molar-refractivity contribution is 5.96. The van der Waals surface area contributed by atoms with Crippen molar-refractivity contribution in [2.75, 3.05) is 0 Å². The van der Waals surface area contributed by atoms with Gasteiger partial charge in [0, 0.05) is 5.39 Å². The fourth-order valence-electron chi connectivity index (χ4n) is 1.81. The molecule has 1 amide bonds. The van der Waals surface area contributed by atoms with Gasteiger partial charge in [-0.25, -0.2) is 9.78 Å². The van der Waals surface area contributed by atoms with Crippen LogP contribution in [0, 0.1) is 0 Å². The molecule has 0 radical (unpaired) electrons. The number of carboxylic acid groups (broad SMARTS) is 1. The zero-order valence-corrected chi connectivity index (χ0v) is 10.7. The van der Waals surface area contributed by atoms with E-state index in [9.17, 15) is 9.59 Å². The summed E-state index contributed by atoms with van der Waals surface area (Å²) >= 11 is 0. The van der Waals surface area contributed by atoms with Gasteiger partial charge < -0.3 is 10.4 Å². The standard InChI is InChI=1S/C15H14N2O3/c1-2-5-13(15(19)20)17-14(18)12-9-8-10-6-3-4-7-11(10)16-12/h2-4,6-9,13H,1,5H2,(H,17,18)(H,19,20). The molecule has 0 spiro atoms. The molecular weight excluding hydrogens is 256 g/mol. The van der Waals surface area contributed by atoms with E-state index >= 15 is 0 Å². The number of hydrogen-bond acceptors (Lipinski definition) is 3. The monoisotopic (exact) mass is 270 g/mol. The largest absolute Gasteiger partial charge is 0.480 e. The lowest BCUT2D eigenvalue weighted by Gasteiger charge is -2.12. The third kappa shape index (κ3) is 3.00. The first-order valence-corrected chi connectivity index (χ1v) is 6.12. The van der Waals surface area contributed by atoms with Gasteiger partial charge in [-0.2, -0.15) is 0 Å². The molecule has 1 aromatic carbocycles. The molecule has 0 saturated heterocycles. The molecule has 2 N–H and O–H groups in total. The Kier molecular flexibility index (Phi) is 4.10. The first-order valence-electron chi connectivity index (χ1n) is 6.12. The topological polar surface area (TPSA) is 79.3 Å². The summed E-state index contributed by atoms with van der Waals surface area (Å²) in [7, 11) is 0. The van der Waals surface area contributed by atoms with Crippen LogP contribution in [-0.2, 0) is 4.79 Å². The Labute approximate surface area is 115 Å². The van der Waals surface area contributed by atoms with Gasteiger partial charge in [-0.3, -0.25) is 4.79 Å². The summed E-state index contributed by atoms with van der Waals surface area (Å²) in [5.74, 6) is -1.61. The van der Waals surface area contributed by atoms with Crippen LogP contribution < -0.4 is 5.32 Å². The second-order valence-electron chi connectivity index (χ2n) is 4.28. The smallest absolute Gasteiger partial charge is 0.326 e. The number of pyridine rings is 1. The quantitative estimate of drug-likeness (QED) is 0.814. The zero-order chi connectivity index (χ0) is 14.5. The van der Waals surface area contributed by atoms with Crippen molar-refractivity contribution >= 4 is 22.8 Å². The minimum Gasteiger partial charge on any atom is -0.480 e. The lowest BCUT2D eigenvalue weighted by molar-refractivity contribution is -0.139. The maximum absolute atomic E-state index is 12.0. The van der Waals surface area contributed by atoms with Crippen LogP contribution in [0.2, 0.25) is 0 Å². The Morgan fingerprint density at radius 2 is 2.05 bits per heavy atom. The zero-order valence-electron chi connectivity index (χ0n) is 10.7. The van der Waals surface area contributed by atoms with E-state index in [1.807, 2.05) is 18.2 Å². The number of benzene rings is 1. The predicted octanol–water partition coefficient (Wildman–Crippen LogP) is 1.99. The average Bonchev–Trinajstić information content (AvgIpc) is 2.46. The summed E-state index contributed by atoms with van der Waals surface area (Å²) in [4.78, 5) is 27.2. The number of carboxylic acids is 1. The van der Waals surface area contributed by atoms with Crippen molar-refractivity contribution in [1.29, 1.82) is 0 Å². The number of aromatic nitrogens is 1. The number of fused-ring (bicyclic) bond motifs is 1. The number of carbonyl (C=O) groups is 2. The average molecular weight is 270 g/mol. The maximum Gasteiger partial charge on any atom is 0.326 e. The first-order chi connectivity index (χ1) is 9.61. The molecule has 1 heterocycles. The van der Waals surface area contributed by atoms with Gasteiger partial charge in [-0.15, -0.1) is 6.58 Å². The van der Waals surface area contributed by atoms with Gasteiger partial charge in [0.15, 0.2) is 0 Å². The number of nitrogens with zero attached hydrogens (tertiary/aromatic N) is 1. The van der Waals surface area contributed by atoms with E-state index in [0.717, 1.165) is 5.39 Å². The Hall–Kier alpha value is -2.69. The third-order valence-electron chi connectivity index (χ3n) is 2.84. The van der Waals surface area contributed by atoms with Gasteiger partial charge >= 0.3 is 5.97 Å². The van der Waals surface area contributed by atoms with Crippen LogP contribution in [0.3, 0.4) is 0 Å². The number of aliphatic carboxylic acids is 1. The molecule has 1 unspecified atom stereocenters. The van der Waals surface area contributed by atoms with Crippen LogP contribution in [0.25, 0.3) is 10.9 Å². The molecule has 2 aromatic rings. The van der Waals surface area contributed by atoms with Gasteiger partial charge in [0.2, 0.25) is 0 Å². The van der Waals surface area contributed by atoms with Gasteiger partial charge in [0.05, 0.1) is 5.52 Å². The van der Waals surface area contributed by atoms with Gasteiger partial charge in [-0.1, -0.05) is 30.3 Å². The number of hydrogen-bond donors (Lipinski definition) is 2. The van der Waals surface area contributed by atoms with E-state index in [0.29, 0.717) is 5.52 Å². The Bertz CT molecular complexity index is 667. The molecular formula is C15H14N2O3. The van der Waals surface area contributed by atoms with E-state index in [1.165, 1.54) is 6.08 Å². The Morgan fingerprint density at radius 3 is 2.75 bits per heavy atom. The highest BCUT2D eigenvalue weighted by Crippen LogP contribution is 2.11. The van der Waals surface area contributed by atoms with Crippen molar-refractivity contribution in [3.63, 3.8) is 0 Å². The molecule has 2 rings (SSSR count). The van der Waals surface area contributed by atoms with Crippen LogP contribution >= 0.6 is 0 Å². The van der Waals surface area contributed by atoms with Crippen LogP contribution in [0.4, 0.5) is 0 Å². The van der Waals surface area contributed by atoms with Crippen molar-refractivity contribution in [2.45, 2.75) is 12.5 Å². The molecule has 5 nitrogen and oxygen atoms in total. The van der Waals surface area contributed by atoms with E-state index < -0.39 is 17.9 Å². The minimum atomic E-state index is -1.10. The van der Waals surface area contributed by atoms with Crippen molar-refractivity contribution in [3.8, 4) is 0 Å². The molecule has 0 aliphatic carbocycles. The SMILES string of the molecule is C=CCC(NC(=O)c1ccc2ccccc2n1)C(=O)O. The summed E-state index contributed by atoms with van der Waals surface area (Å²) in [5.41, 5.74) is 0.884. The van der Waals surface area contributed by atoms with E-state index in [2.05, 4.69) is 16.9 Å². The van der Waals surface area contributed by atoms with E-state index in [-0.39, 0.29) is 12.1 Å². The Morgan fingerprint density at radius 1 is 1.30 bits per heavy atom. The molecule has 102 valence electrons. The number of amides is 1. The summed E-state index contributed by atoms with van der Waals surface area (Å²) in [6.07, 6.45) is 1.61. The summed E-state index contributed by atoms with van der Waals surface area (Å²) in [5, 5.41) is 12.3. The predicted molar refractivity (Wildman–Crippen MR) is 75.4 cm³/mol. The molecule has 1 atom stereocenters. The molecule has 0 aliphatic heterocycles. The van der Waals surface area contributed by atoms with Crippen LogP contribution in [0.1, 0.15) is 16.9 Å². The van der Waals surface area contributed by atoms with Gasteiger partial charge in [0.25, 0.3) is 5.91 Å². The highest BCUT2D eigenvalue weighted by atomic mass is 16.4. The molecule has 0 fully saturated rings. The van der Waals surface area contributed by atoms with Crippen molar-refractivity contribution in [2.24, 2.45) is 0 Å². The second-order valence-corrected chi connectivity index (χ2v) is 4.28. The lowest BCUT2D eigenvalue weighted by atomic mass is 10.1. The van der Waals surface area contributed by atoms with E-state index in [1.54, 1.807) is 18.2 Å². The van der Waals surface area contributed by atoms with Crippen molar-refractivity contribution in [3.05, 3.63) is 54.7 Å². The first kappa shape index (κ1) is 13.7. The van der Waals surface area contributed by atoms with Gasteiger partial charge in [0.1, 0.15) is 11.7 Å².